The quantitative estimate of drug-likeness (QED) is 0.636. The van der Waals surface area contributed by atoms with Crippen molar-refractivity contribution >= 4 is 17.2 Å². The summed E-state index contributed by atoms with van der Waals surface area (Å²) in [5.41, 5.74) is 8.47. The van der Waals surface area contributed by atoms with Crippen molar-refractivity contribution in [1.82, 2.24) is 0 Å². The summed E-state index contributed by atoms with van der Waals surface area (Å²) >= 11 is 0. The Morgan fingerprint density at radius 1 is 1.00 bits per heavy atom. The Kier molecular flexibility index (Phi) is 3.63. The molecule has 3 nitrogen and oxygen atoms in total. The summed E-state index contributed by atoms with van der Waals surface area (Å²) in [5.74, 6) is 0.101. The maximum atomic E-state index is 7.39. The third-order valence-corrected chi connectivity index (χ3v) is 2.87. The van der Waals surface area contributed by atoms with Gasteiger partial charge in [0.1, 0.15) is 5.84 Å². The molecular formula is C15H17N3. The summed E-state index contributed by atoms with van der Waals surface area (Å²) in [4.78, 5) is 2.21. The highest BCUT2D eigenvalue weighted by Gasteiger charge is 2.06. The predicted molar refractivity (Wildman–Crippen MR) is 76.6 cm³/mol. The average Bonchev–Trinajstić information content (AvgIpc) is 2.41. The van der Waals surface area contributed by atoms with Crippen molar-refractivity contribution in [1.29, 1.82) is 5.41 Å². The number of anilines is 2. The predicted octanol–water partition coefficient (Wildman–Crippen LogP) is 3.13. The molecular weight excluding hydrogens is 222 g/mol. The van der Waals surface area contributed by atoms with Gasteiger partial charge in [0.25, 0.3) is 0 Å². The Labute approximate surface area is 107 Å². The van der Waals surface area contributed by atoms with E-state index in [4.69, 9.17) is 11.1 Å². The highest BCUT2D eigenvalue weighted by Crippen LogP contribution is 2.24. The first-order chi connectivity index (χ1) is 8.72. The largest absolute Gasteiger partial charge is 0.384 e. The third-order valence-electron chi connectivity index (χ3n) is 2.87. The number of hydrogen-bond acceptors (Lipinski definition) is 2. The number of rotatable bonds is 4. The van der Waals surface area contributed by atoms with Crippen LogP contribution in [0.4, 0.5) is 11.4 Å². The molecule has 0 saturated heterocycles. The summed E-state index contributed by atoms with van der Waals surface area (Å²) < 4.78 is 0. The lowest BCUT2D eigenvalue weighted by Gasteiger charge is -2.23. The van der Waals surface area contributed by atoms with Crippen LogP contribution in [0.3, 0.4) is 0 Å². The van der Waals surface area contributed by atoms with Crippen molar-refractivity contribution in [2.24, 2.45) is 5.73 Å². The molecule has 18 heavy (non-hydrogen) atoms. The van der Waals surface area contributed by atoms with Crippen LogP contribution in [0.1, 0.15) is 12.5 Å². The van der Waals surface area contributed by atoms with Crippen molar-refractivity contribution < 1.29 is 0 Å². The second-order valence-corrected chi connectivity index (χ2v) is 4.04. The first-order valence-electron chi connectivity index (χ1n) is 5.99. The van der Waals surface area contributed by atoms with Crippen LogP contribution in [0.5, 0.6) is 0 Å². The molecule has 0 amide bonds. The molecule has 2 aromatic carbocycles. The van der Waals surface area contributed by atoms with Gasteiger partial charge in [0, 0.05) is 23.5 Å². The molecule has 3 heteroatoms. The summed E-state index contributed by atoms with van der Waals surface area (Å²) in [6.07, 6.45) is 0. The maximum absolute atomic E-state index is 7.39. The normalized spacial score (nSPS) is 10.1. The topological polar surface area (TPSA) is 53.1 Å². The molecule has 2 aromatic rings. The van der Waals surface area contributed by atoms with Gasteiger partial charge < -0.3 is 10.6 Å². The van der Waals surface area contributed by atoms with Crippen LogP contribution in [-0.4, -0.2) is 12.4 Å². The van der Waals surface area contributed by atoms with Gasteiger partial charge in [-0.15, -0.1) is 0 Å². The SMILES string of the molecule is CCN(c1ccccc1)c1ccc(C(=N)N)cc1. The standard InChI is InChI=1S/C15H17N3/c1-2-18(13-6-4-3-5-7-13)14-10-8-12(9-11-14)15(16)17/h3-11H,2H2,1H3,(H3,16,17). The van der Waals surface area contributed by atoms with Crippen LogP contribution >= 0.6 is 0 Å². The molecule has 0 atom stereocenters. The van der Waals surface area contributed by atoms with Gasteiger partial charge in [-0.25, -0.2) is 0 Å². The van der Waals surface area contributed by atoms with E-state index in [1.54, 1.807) is 0 Å². The number of nitrogen functional groups attached to an aromatic ring is 1. The van der Waals surface area contributed by atoms with Gasteiger partial charge in [-0.2, -0.15) is 0 Å². The molecule has 0 aromatic heterocycles. The zero-order chi connectivity index (χ0) is 13.0. The lowest BCUT2D eigenvalue weighted by molar-refractivity contribution is 1.02. The molecule has 3 N–H and O–H groups in total. The second kappa shape index (κ2) is 5.36. The zero-order valence-corrected chi connectivity index (χ0v) is 10.4. The minimum Gasteiger partial charge on any atom is -0.384 e. The Balaban J connectivity index is 2.31. The average molecular weight is 239 g/mol. The fraction of sp³-hybridized carbons (Fsp3) is 0.133. The van der Waals surface area contributed by atoms with Crippen molar-refractivity contribution in [2.75, 3.05) is 11.4 Å². The number of hydrogen-bond donors (Lipinski definition) is 2. The van der Waals surface area contributed by atoms with Crippen molar-refractivity contribution in [3.8, 4) is 0 Å². The van der Waals surface area contributed by atoms with Crippen LogP contribution in [-0.2, 0) is 0 Å². The van der Waals surface area contributed by atoms with Gasteiger partial charge in [-0.1, -0.05) is 18.2 Å². The minimum absolute atomic E-state index is 0.101. The summed E-state index contributed by atoms with van der Waals surface area (Å²) in [5, 5.41) is 7.39. The van der Waals surface area contributed by atoms with E-state index in [0.717, 1.165) is 23.5 Å². The van der Waals surface area contributed by atoms with E-state index in [1.165, 1.54) is 0 Å². The third kappa shape index (κ3) is 2.51. The smallest absolute Gasteiger partial charge is 0.122 e. The zero-order valence-electron chi connectivity index (χ0n) is 10.4. The molecule has 2 rings (SSSR count). The molecule has 0 fully saturated rings. The van der Waals surface area contributed by atoms with E-state index < -0.39 is 0 Å². The monoisotopic (exact) mass is 239 g/mol. The van der Waals surface area contributed by atoms with Crippen molar-refractivity contribution in [3.63, 3.8) is 0 Å². The van der Waals surface area contributed by atoms with Gasteiger partial charge in [0.2, 0.25) is 0 Å². The van der Waals surface area contributed by atoms with Gasteiger partial charge in [-0.05, 0) is 43.3 Å². The molecule has 0 heterocycles. The van der Waals surface area contributed by atoms with E-state index in [9.17, 15) is 0 Å². The fourth-order valence-corrected chi connectivity index (χ4v) is 1.94. The van der Waals surface area contributed by atoms with Gasteiger partial charge in [0.05, 0.1) is 0 Å². The second-order valence-electron chi connectivity index (χ2n) is 4.04. The minimum atomic E-state index is 0.101. The molecule has 0 bridgehead atoms. The molecule has 0 radical (unpaired) electrons. The first-order valence-corrected chi connectivity index (χ1v) is 5.99. The van der Waals surface area contributed by atoms with Crippen LogP contribution < -0.4 is 10.6 Å². The van der Waals surface area contributed by atoms with E-state index in [0.29, 0.717) is 0 Å². The van der Waals surface area contributed by atoms with Crippen LogP contribution in [0.15, 0.2) is 54.6 Å². The lowest BCUT2D eigenvalue weighted by atomic mass is 10.1. The highest BCUT2D eigenvalue weighted by molar-refractivity contribution is 5.95. The Morgan fingerprint density at radius 2 is 1.56 bits per heavy atom. The molecule has 0 unspecified atom stereocenters. The molecule has 0 aliphatic carbocycles. The Hall–Kier alpha value is -2.29. The molecule has 0 spiro atoms. The maximum Gasteiger partial charge on any atom is 0.122 e. The van der Waals surface area contributed by atoms with E-state index in [1.807, 2.05) is 42.5 Å². The summed E-state index contributed by atoms with van der Waals surface area (Å²) in [7, 11) is 0. The Bertz CT molecular complexity index is 517. The molecule has 0 aliphatic heterocycles. The van der Waals surface area contributed by atoms with Gasteiger partial charge >= 0.3 is 0 Å². The molecule has 0 saturated carbocycles. The van der Waals surface area contributed by atoms with Gasteiger partial charge in [-0.3, -0.25) is 5.41 Å². The lowest BCUT2D eigenvalue weighted by Crippen LogP contribution is -2.16. The van der Waals surface area contributed by atoms with Crippen molar-refractivity contribution in [2.45, 2.75) is 6.92 Å². The number of amidine groups is 1. The number of benzene rings is 2. The van der Waals surface area contributed by atoms with Crippen LogP contribution in [0.25, 0.3) is 0 Å². The first kappa shape index (κ1) is 12.2. The number of nitrogens with zero attached hydrogens (tertiary/aromatic N) is 1. The van der Waals surface area contributed by atoms with E-state index >= 15 is 0 Å². The number of nitrogens with two attached hydrogens (primary N) is 1. The van der Waals surface area contributed by atoms with Gasteiger partial charge in [0.15, 0.2) is 0 Å². The summed E-state index contributed by atoms with van der Waals surface area (Å²) in [6.45, 7) is 3.01. The van der Waals surface area contributed by atoms with Crippen LogP contribution in [0, 0.1) is 5.41 Å². The number of nitrogens with one attached hydrogen (secondary N) is 1. The highest BCUT2D eigenvalue weighted by atomic mass is 15.1. The summed E-state index contributed by atoms with van der Waals surface area (Å²) in [6, 6.07) is 18.0. The van der Waals surface area contributed by atoms with Crippen molar-refractivity contribution in [3.05, 3.63) is 60.2 Å². The molecule has 92 valence electrons. The van der Waals surface area contributed by atoms with E-state index in [2.05, 4.69) is 24.0 Å². The molecule has 0 aliphatic rings. The fourth-order valence-electron chi connectivity index (χ4n) is 1.94. The number of para-hydroxylation sites is 1. The Morgan fingerprint density at radius 3 is 2.06 bits per heavy atom. The van der Waals surface area contributed by atoms with E-state index in [-0.39, 0.29) is 5.84 Å². The van der Waals surface area contributed by atoms with Crippen LogP contribution in [0.2, 0.25) is 0 Å².